The van der Waals surface area contributed by atoms with Crippen LogP contribution in [0.5, 0.6) is 0 Å². The van der Waals surface area contributed by atoms with Crippen LogP contribution in [0.3, 0.4) is 0 Å². The van der Waals surface area contributed by atoms with E-state index in [-0.39, 0.29) is 18.6 Å². The molecule has 0 spiro atoms. The van der Waals surface area contributed by atoms with Gasteiger partial charge in [-0.15, -0.1) is 0 Å². The molecule has 3 unspecified atom stereocenters. The fraction of sp³-hybridized carbons (Fsp3) is 0.600. The van der Waals surface area contributed by atoms with Crippen molar-refractivity contribution in [3.8, 4) is 0 Å². The van der Waals surface area contributed by atoms with Gasteiger partial charge in [0.05, 0.1) is 18.4 Å². The second kappa shape index (κ2) is 10.3. The third kappa shape index (κ3) is 9.30. The number of quaternary nitrogens is 1. The summed E-state index contributed by atoms with van der Waals surface area (Å²) in [7, 11) is 0. The minimum absolute atomic E-state index is 0.147. The molecule has 0 radical (unpaired) electrons. The standard InChI is InChI=1S/C15H23N3O7/c1-7(19)4-10(16)13(22)17-11(5-8(2)20)14(23)18-12(15(24)25)6-9(3)21/h10-12H,4-6,16H2,1-3H3,(H,17,22)(H,18,23)(H,24,25). The first-order valence-electron chi connectivity index (χ1n) is 7.57. The molecule has 0 saturated carbocycles. The lowest BCUT2D eigenvalue weighted by molar-refractivity contribution is -0.402. The van der Waals surface area contributed by atoms with Gasteiger partial charge in [-0.1, -0.05) is 0 Å². The van der Waals surface area contributed by atoms with Gasteiger partial charge in [0.1, 0.15) is 23.4 Å². The van der Waals surface area contributed by atoms with Crippen LogP contribution in [0.15, 0.2) is 0 Å². The van der Waals surface area contributed by atoms with Crippen LogP contribution >= 0.6 is 0 Å². The van der Waals surface area contributed by atoms with E-state index in [0.29, 0.717) is 0 Å². The van der Waals surface area contributed by atoms with Crippen LogP contribution in [-0.4, -0.2) is 53.3 Å². The van der Waals surface area contributed by atoms with Crippen LogP contribution in [0.25, 0.3) is 0 Å². The average molecular weight is 357 g/mol. The average Bonchev–Trinajstić information content (AvgIpc) is 2.43. The molecule has 10 nitrogen and oxygen atoms in total. The van der Waals surface area contributed by atoms with Gasteiger partial charge in [0.25, 0.3) is 5.91 Å². The molecule has 0 saturated heterocycles. The van der Waals surface area contributed by atoms with Crippen LogP contribution < -0.4 is 21.5 Å². The normalized spacial score (nSPS) is 13.9. The monoisotopic (exact) mass is 357 g/mol. The van der Waals surface area contributed by atoms with Gasteiger partial charge in [-0.05, 0) is 20.8 Å². The number of carboxylic acid groups (broad SMARTS) is 1. The Morgan fingerprint density at radius 3 is 1.56 bits per heavy atom. The van der Waals surface area contributed by atoms with Crippen LogP contribution in [0.1, 0.15) is 40.0 Å². The Labute approximate surface area is 144 Å². The summed E-state index contributed by atoms with van der Waals surface area (Å²) in [6.07, 6.45) is -1.02. The van der Waals surface area contributed by atoms with Gasteiger partial charge >= 0.3 is 0 Å². The molecule has 0 heterocycles. The molecule has 140 valence electrons. The van der Waals surface area contributed by atoms with Gasteiger partial charge in [-0.3, -0.25) is 24.0 Å². The van der Waals surface area contributed by atoms with Gasteiger partial charge < -0.3 is 26.3 Å². The Kier molecular flexibility index (Phi) is 9.21. The molecule has 0 aliphatic carbocycles. The lowest BCUT2D eigenvalue weighted by Crippen LogP contribution is -2.69. The highest BCUT2D eigenvalue weighted by Gasteiger charge is 2.29. The zero-order valence-electron chi connectivity index (χ0n) is 14.4. The number of hydrogen-bond donors (Lipinski definition) is 3. The number of Topliss-reactive ketones (excluding diaryl/α,β-unsaturated/α-hetero) is 3. The summed E-state index contributed by atoms with van der Waals surface area (Å²) in [4.78, 5) is 68.5. The predicted octanol–water partition coefficient (Wildman–Crippen LogP) is -3.75. The Balaban J connectivity index is 5.11. The van der Waals surface area contributed by atoms with Crippen molar-refractivity contribution >= 4 is 35.1 Å². The Bertz CT molecular complexity index is 573. The first-order valence-corrected chi connectivity index (χ1v) is 7.57. The quantitative estimate of drug-likeness (QED) is 0.340. The lowest BCUT2D eigenvalue weighted by Gasteiger charge is -2.23. The topological polar surface area (TPSA) is 177 Å². The van der Waals surface area contributed by atoms with Crippen molar-refractivity contribution in [2.75, 3.05) is 0 Å². The van der Waals surface area contributed by atoms with Crippen LogP contribution in [0, 0.1) is 0 Å². The number of hydrogen-bond acceptors (Lipinski definition) is 7. The number of ketones is 3. The number of carbonyl (C=O) groups is 6. The third-order valence-corrected chi connectivity index (χ3v) is 3.12. The van der Waals surface area contributed by atoms with E-state index in [4.69, 9.17) is 0 Å². The maximum absolute atomic E-state index is 12.2. The van der Waals surface area contributed by atoms with Gasteiger partial charge in [0, 0.05) is 12.8 Å². The zero-order valence-corrected chi connectivity index (χ0v) is 14.4. The minimum Gasteiger partial charge on any atom is -0.548 e. The molecule has 0 rings (SSSR count). The number of nitrogens with one attached hydrogen (secondary N) is 2. The summed E-state index contributed by atoms with van der Waals surface area (Å²) in [5.74, 6) is -4.53. The highest BCUT2D eigenvalue weighted by Crippen LogP contribution is 2.00. The van der Waals surface area contributed by atoms with Gasteiger partial charge in [-0.25, -0.2) is 0 Å². The van der Waals surface area contributed by atoms with E-state index in [9.17, 15) is 33.9 Å². The molecule has 2 amide bonds. The van der Waals surface area contributed by atoms with E-state index < -0.39 is 53.9 Å². The Hall–Kier alpha value is -2.62. The lowest BCUT2D eigenvalue weighted by atomic mass is 10.1. The largest absolute Gasteiger partial charge is 0.548 e. The van der Waals surface area contributed by atoms with Crippen molar-refractivity contribution in [3.05, 3.63) is 0 Å². The maximum atomic E-state index is 12.2. The van der Waals surface area contributed by atoms with Crippen molar-refractivity contribution < 1.29 is 39.6 Å². The second-order valence-electron chi connectivity index (χ2n) is 5.86. The molecular formula is C15H23N3O7. The first kappa shape index (κ1) is 22.4. The number of rotatable bonds is 11. The van der Waals surface area contributed by atoms with E-state index in [0.717, 1.165) is 6.92 Å². The number of carbonyl (C=O) groups excluding carboxylic acids is 6. The van der Waals surface area contributed by atoms with Gasteiger partial charge in [0.15, 0.2) is 6.04 Å². The molecule has 0 fully saturated rings. The van der Waals surface area contributed by atoms with E-state index in [1.54, 1.807) is 0 Å². The van der Waals surface area contributed by atoms with E-state index in [2.05, 4.69) is 16.4 Å². The van der Waals surface area contributed by atoms with Crippen LogP contribution in [0.4, 0.5) is 0 Å². The van der Waals surface area contributed by atoms with Crippen molar-refractivity contribution in [1.82, 2.24) is 10.6 Å². The smallest absolute Gasteiger partial charge is 0.279 e. The zero-order chi connectivity index (χ0) is 19.7. The molecule has 5 N–H and O–H groups in total. The Morgan fingerprint density at radius 2 is 1.16 bits per heavy atom. The van der Waals surface area contributed by atoms with Gasteiger partial charge in [-0.2, -0.15) is 0 Å². The van der Waals surface area contributed by atoms with Gasteiger partial charge in [0.2, 0.25) is 5.91 Å². The number of aliphatic carboxylic acids is 1. The molecule has 0 bridgehead atoms. The van der Waals surface area contributed by atoms with Crippen LogP contribution in [-0.2, 0) is 28.8 Å². The highest BCUT2D eigenvalue weighted by molar-refractivity contribution is 5.96. The van der Waals surface area contributed by atoms with Crippen molar-refractivity contribution in [3.63, 3.8) is 0 Å². The Morgan fingerprint density at radius 1 is 0.760 bits per heavy atom. The van der Waals surface area contributed by atoms with E-state index >= 15 is 0 Å². The summed E-state index contributed by atoms with van der Waals surface area (Å²) in [6.45, 7) is 3.61. The molecule has 3 atom stereocenters. The molecule has 0 aromatic carbocycles. The molecular weight excluding hydrogens is 334 g/mol. The number of carboxylic acids is 1. The van der Waals surface area contributed by atoms with Crippen molar-refractivity contribution in [1.29, 1.82) is 0 Å². The summed E-state index contributed by atoms with van der Waals surface area (Å²) in [6, 6.07) is -3.90. The molecule has 0 aliphatic rings. The molecule has 0 aromatic rings. The fourth-order valence-electron chi connectivity index (χ4n) is 1.98. The van der Waals surface area contributed by atoms with E-state index in [1.165, 1.54) is 13.8 Å². The summed E-state index contributed by atoms with van der Waals surface area (Å²) < 4.78 is 0. The molecule has 10 heteroatoms. The maximum Gasteiger partial charge on any atom is 0.279 e. The molecule has 25 heavy (non-hydrogen) atoms. The van der Waals surface area contributed by atoms with Crippen molar-refractivity contribution in [2.45, 2.75) is 58.2 Å². The summed E-state index contributed by atoms with van der Waals surface area (Å²) in [5, 5.41) is 15.3. The predicted molar refractivity (Wildman–Crippen MR) is 81.4 cm³/mol. The molecule has 0 aromatic heterocycles. The van der Waals surface area contributed by atoms with Crippen LogP contribution in [0.2, 0.25) is 0 Å². The second-order valence-corrected chi connectivity index (χ2v) is 5.86. The summed E-state index contributed by atoms with van der Waals surface area (Å²) >= 11 is 0. The third-order valence-electron chi connectivity index (χ3n) is 3.12. The van der Waals surface area contributed by atoms with E-state index in [1.807, 2.05) is 0 Å². The SMILES string of the molecule is CC(=O)CC([NH3+])C(=O)NC(CC(C)=O)C(=O)NC(CC(C)=O)C(=O)[O-]. The highest BCUT2D eigenvalue weighted by atomic mass is 16.4. The first-order chi connectivity index (χ1) is 11.4. The summed E-state index contributed by atoms with van der Waals surface area (Å²) in [5.41, 5.74) is 3.50. The van der Waals surface area contributed by atoms with Crippen molar-refractivity contribution in [2.24, 2.45) is 0 Å². The minimum atomic E-state index is -1.66. The number of amides is 2. The fourth-order valence-corrected chi connectivity index (χ4v) is 1.98. The molecule has 0 aliphatic heterocycles.